The number of rotatable bonds is 0. The Labute approximate surface area is 85.3 Å². The molecule has 3 nitrogen and oxygen atoms in total. The fourth-order valence-corrected chi connectivity index (χ4v) is 2.13. The molecule has 0 unspecified atom stereocenters. The predicted octanol–water partition coefficient (Wildman–Crippen LogP) is 0.640. The molecule has 76 valence electrons. The second kappa shape index (κ2) is 3.84. The summed E-state index contributed by atoms with van der Waals surface area (Å²) in [6, 6.07) is 0. The van der Waals surface area contributed by atoms with Gasteiger partial charge >= 0.3 is 0 Å². The Bertz CT molecular complexity index is 194. The van der Waals surface area contributed by atoms with Crippen molar-refractivity contribution in [2.75, 3.05) is 26.2 Å². The number of hydrogen-bond donors (Lipinski definition) is 1. The first-order valence-corrected chi connectivity index (χ1v) is 4.68. The van der Waals surface area contributed by atoms with Gasteiger partial charge in [0.05, 0.1) is 0 Å². The van der Waals surface area contributed by atoms with Crippen molar-refractivity contribution in [3.63, 3.8) is 0 Å². The molecule has 0 radical (unpaired) electrons. The Hall–Kier alpha value is -0.280. The van der Waals surface area contributed by atoms with Crippen molar-refractivity contribution in [2.24, 2.45) is 5.41 Å². The number of carbonyl (C=O) groups excluding carboxylic acids is 1. The van der Waals surface area contributed by atoms with Crippen LogP contribution in [0.4, 0.5) is 0 Å². The molecule has 4 heteroatoms. The van der Waals surface area contributed by atoms with Crippen LogP contribution in [0.15, 0.2) is 0 Å². The van der Waals surface area contributed by atoms with Crippen molar-refractivity contribution in [3.05, 3.63) is 0 Å². The van der Waals surface area contributed by atoms with Gasteiger partial charge in [-0.2, -0.15) is 0 Å². The van der Waals surface area contributed by atoms with E-state index in [-0.39, 0.29) is 18.3 Å². The Balaban J connectivity index is 0.000000845. The number of halogens is 1. The molecule has 0 bridgehead atoms. The second-order valence-electron chi connectivity index (χ2n) is 4.11. The van der Waals surface area contributed by atoms with Gasteiger partial charge in [0.1, 0.15) is 0 Å². The summed E-state index contributed by atoms with van der Waals surface area (Å²) >= 11 is 0. The number of hydrogen-bond acceptors (Lipinski definition) is 2. The first-order chi connectivity index (χ1) is 5.72. The minimum absolute atomic E-state index is 0. The van der Waals surface area contributed by atoms with Gasteiger partial charge in [-0.15, -0.1) is 12.4 Å². The number of nitrogens with zero attached hydrogens (tertiary/aromatic N) is 1. The molecular weight excluding hydrogens is 188 g/mol. The first kappa shape index (κ1) is 10.8. The quantitative estimate of drug-likeness (QED) is 0.628. The Morgan fingerprint density at radius 3 is 2.15 bits per heavy atom. The minimum Gasteiger partial charge on any atom is -0.343 e. The normalized spacial score (nSPS) is 24.8. The standard InChI is InChI=1S/C9H16N2O.ClH/c1-8(12)11-4-2-9(3-5-11)6-10-7-9;/h10H,2-7H2,1H3;1H. The maximum atomic E-state index is 11.0. The molecule has 0 saturated carbocycles. The zero-order chi connectivity index (χ0) is 8.60. The highest BCUT2D eigenvalue weighted by Crippen LogP contribution is 2.34. The molecule has 2 saturated heterocycles. The van der Waals surface area contributed by atoms with E-state index >= 15 is 0 Å². The van der Waals surface area contributed by atoms with Gasteiger partial charge in [0, 0.05) is 33.1 Å². The molecule has 1 spiro atoms. The fraction of sp³-hybridized carbons (Fsp3) is 0.889. The van der Waals surface area contributed by atoms with E-state index in [9.17, 15) is 4.79 Å². The van der Waals surface area contributed by atoms with Gasteiger partial charge in [-0.1, -0.05) is 0 Å². The zero-order valence-electron chi connectivity index (χ0n) is 8.01. The maximum Gasteiger partial charge on any atom is 0.219 e. The van der Waals surface area contributed by atoms with E-state index in [1.165, 1.54) is 25.9 Å². The summed E-state index contributed by atoms with van der Waals surface area (Å²) in [5, 5.41) is 3.31. The number of likely N-dealkylation sites (tertiary alicyclic amines) is 1. The molecule has 13 heavy (non-hydrogen) atoms. The summed E-state index contributed by atoms with van der Waals surface area (Å²) < 4.78 is 0. The van der Waals surface area contributed by atoms with E-state index in [4.69, 9.17) is 0 Å². The van der Waals surface area contributed by atoms with Crippen molar-refractivity contribution >= 4 is 18.3 Å². The van der Waals surface area contributed by atoms with Gasteiger partial charge in [-0.3, -0.25) is 4.79 Å². The molecule has 2 rings (SSSR count). The summed E-state index contributed by atoms with van der Waals surface area (Å²) in [6.45, 7) is 5.93. The molecule has 2 aliphatic heterocycles. The lowest BCUT2D eigenvalue weighted by Crippen LogP contribution is -2.58. The van der Waals surface area contributed by atoms with Crippen LogP contribution in [-0.2, 0) is 4.79 Å². The summed E-state index contributed by atoms with van der Waals surface area (Å²) in [5.41, 5.74) is 0.561. The van der Waals surface area contributed by atoms with Crippen LogP contribution >= 0.6 is 12.4 Å². The molecule has 1 N–H and O–H groups in total. The largest absolute Gasteiger partial charge is 0.343 e. The summed E-state index contributed by atoms with van der Waals surface area (Å²) in [4.78, 5) is 13.0. The monoisotopic (exact) mass is 204 g/mol. The van der Waals surface area contributed by atoms with E-state index in [2.05, 4.69) is 5.32 Å². The minimum atomic E-state index is 0. The molecule has 0 aromatic heterocycles. The fourth-order valence-electron chi connectivity index (χ4n) is 2.13. The number of piperidine rings is 1. The van der Waals surface area contributed by atoms with E-state index in [1.54, 1.807) is 6.92 Å². The van der Waals surface area contributed by atoms with Gasteiger partial charge in [-0.05, 0) is 18.3 Å². The third kappa shape index (κ3) is 1.97. The van der Waals surface area contributed by atoms with Gasteiger partial charge < -0.3 is 10.2 Å². The van der Waals surface area contributed by atoms with Crippen LogP contribution in [0.5, 0.6) is 0 Å². The van der Waals surface area contributed by atoms with Gasteiger partial charge in [0.25, 0.3) is 0 Å². The Morgan fingerprint density at radius 1 is 1.31 bits per heavy atom. The highest BCUT2D eigenvalue weighted by molar-refractivity contribution is 5.85. The molecule has 2 aliphatic rings. The van der Waals surface area contributed by atoms with Crippen molar-refractivity contribution < 1.29 is 4.79 Å². The van der Waals surface area contributed by atoms with E-state index < -0.39 is 0 Å². The average molecular weight is 205 g/mol. The zero-order valence-corrected chi connectivity index (χ0v) is 8.82. The molecule has 0 aromatic carbocycles. The second-order valence-corrected chi connectivity index (χ2v) is 4.11. The molecule has 1 amide bonds. The van der Waals surface area contributed by atoms with Crippen molar-refractivity contribution in [1.29, 1.82) is 0 Å². The van der Waals surface area contributed by atoms with E-state index in [0.29, 0.717) is 5.41 Å². The molecule has 2 fully saturated rings. The van der Waals surface area contributed by atoms with Crippen LogP contribution in [-0.4, -0.2) is 37.0 Å². The lowest BCUT2D eigenvalue weighted by molar-refractivity contribution is -0.131. The van der Waals surface area contributed by atoms with E-state index in [1.807, 2.05) is 4.90 Å². The summed E-state index contributed by atoms with van der Waals surface area (Å²) in [7, 11) is 0. The van der Waals surface area contributed by atoms with Crippen LogP contribution in [0.25, 0.3) is 0 Å². The van der Waals surface area contributed by atoms with Gasteiger partial charge in [0.2, 0.25) is 5.91 Å². The third-order valence-electron chi connectivity index (χ3n) is 3.27. The highest BCUT2D eigenvalue weighted by atomic mass is 35.5. The number of nitrogens with one attached hydrogen (secondary N) is 1. The molecule has 0 aliphatic carbocycles. The number of amides is 1. The SMILES string of the molecule is CC(=O)N1CCC2(CC1)CNC2.Cl. The maximum absolute atomic E-state index is 11.0. The van der Waals surface area contributed by atoms with Crippen molar-refractivity contribution in [1.82, 2.24) is 10.2 Å². The van der Waals surface area contributed by atoms with Gasteiger partial charge in [0.15, 0.2) is 0 Å². The lowest BCUT2D eigenvalue weighted by Gasteiger charge is -2.48. The van der Waals surface area contributed by atoms with Crippen LogP contribution in [0.1, 0.15) is 19.8 Å². The first-order valence-electron chi connectivity index (χ1n) is 4.68. The molecule has 2 heterocycles. The Morgan fingerprint density at radius 2 is 1.85 bits per heavy atom. The number of carbonyl (C=O) groups is 1. The topological polar surface area (TPSA) is 32.3 Å². The highest BCUT2D eigenvalue weighted by Gasteiger charge is 2.39. The van der Waals surface area contributed by atoms with Gasteiger partial charge in [-0.25, -0.2) is 0 Å². The van der Waals surface area contributed by atoms with Crippen molar-refractivity contribution in [2.45, 2.75) is 19.8 Å². The van der Waals surface area contributed by atoms with Crippen LogP contribution in [0.3, 0.4) is 0 Å². The van der Waals surface area contributed by atoms with Crippen LogP contribution < -0.4 is 5.32 Å². The molecular formula is C9H17ClN2O. The predicted molar refractivity (Wildman–Crippen MR) is 54.0 cm³/mol. The van der Waals surface area contributed by atoms with Crippen LogP contribution in [0.2, 0.25) is 0 Å². The third-order valence-corrected chi connectivity index (χ3v) is 3.27. The average Bonchev–Trinajstić information content (AvgIpc) is 2.02. The molecule has 0 atom stereocenters. The van der Waals surface area contributed by atoms with E-state index in [0.717, 1.165) is 13.1 Å². The van der Waals surface area contributed by atoms with Crippen molar-refractivity contribution in [3.8, 4) is 0 Å². The summed E-state index contributed by atoms with van der Waals surface area (Å²) in [5.74, 6) is 0.233. The lowest BCUT2D eigenvalue weighted by atomic mass is 9.73. The smallest absolute Gasteiger partial charge is 0.219 e. The summed E-state index contributed by atoms with van der Waals surface area (Å²) in [6.07, 6.45) is 2.39. The Kier molecular flexibility index (Phi) is 3.19. The van der Waals surface area contributed by atoms with Crippen LogP contribution in [0, 0.1) is 5.41 Å². The molecule has 0 aromatic rings.